The molecule has 3 rings (SSSR count). The minimum absolute atomic E-state index is 0.704. The average molecular weight is 388 g/mol. The van der Waals surface area contributed by atoms with E-state index in [2.05, 4.69) is 47.8 Å². The Morgan fingerprint density at radius 2 is 2.26 bits per heavy atom. The van der Waals surface area contributed by atoms with Crippen molar-refractivity contribution in [3.63, 3.8) is 0 Å². The summed E-state index contributed by atoms with van der Waals surface area (Å²) in [5.74, 6) is 0.967. The molecule has 2 aromatic rings. The van der Waals surface area contributed by atoms with Crippen LogP contribution in [-0.4, -0.2) is 22.6 Å². The first kappa shape index (κ1) is 13.4. The molecule has 0 spiro atoms. The van der Waals surface area contributed by atoms with E-state index in [1.165, 1.54) is 11.1 Å². The maximum Gasteiger partial charge on any atom is 0.203 e. The molecule has 0 amide bonds. The monoisotopic (exact) mass is 386 g/mol. The summed E-state index contributed by atoms with van der Waals surface area (Å²) < 4.78 is 4.53. The fraction of sp³-hybridized carbons (Fsp3) is 0.462. The smallest absolute Gasteiger partial charge is 0.203 e. The Hall–Kier alpha value is -0.590. The topological polar surface area (TPSA) is 55.9 Å². The Morgan fingerprint density at radius 3 is 3.05 bits per heavy atom. The van der Waals surface area contributed by atoms with Crippen LogP contribution in [-0.2, 0) is 13.0 Å². The molecule has 1 aromatic carbocycles. The summed E-state index contributed by atoms with van der Waals surface area (Å²) >= 11 is 7.27. The van der Waals surface area contributed by atoms with Gasteiger partial charge in [0.1, 0.15) is 0 Å². The number of anilines is 1. The van der Waals surface area contributed by atoms with Gasteiger partial charge < -0.3 is 15.6 Å². The summed E-state index contributed by atoms with van der Waals surface area (Å²) in [5, 5.41) is 3.40. The minimum atomic E-state index is 0.704. The molecule has 2 heterocycles. The van der Waals surface area contributed by atoms with Crippen molar-refractivity contribution in [2.75, 3.05) is 18.4 Å². The van der Waals surface area contributed by atoms with Crippen molar-refractivity contribution in [2.45, 2.75) is 25.8 Å². The maximum absolute atomic E-state index is 5.53. The molecule has 0 fully saturated rings. The standard InChI is InChI=1S/C13H16Br2N4/c14-9-7-10-12-8(11(9)15)3-1-6-19(12)13(18-10)17-5-2-4-16/h7H,1-6,16H2,(H,17,18). The van der Waals surface area contributed by atoms with Crippen molar-refractivity contribution in [3.05, 3.63) is 20.6 Å². The van der Waals surface area contributed by atoms with E-state index in [4.69, 9.17) is 10.7 Å². The van der Waals surface area contributed by atoms with Crippen molar-refractivity contribution < 1.29 is 0 Å². The number of nitrogens with two attached hydrogens (primary N) is 1. The Bertz CT molecular complexity index is 621. The molecule has 0 aliphatic carbocycles. The molecule has 0 atom stereocenters. The fourth-order valence-electron chi connectivity index (χ4n) is 2.62. The second kappa shape index (κ2) is 5.42. The van der Waals surface area contributed by atoms with Crippen LogP contribution in [0.1, 0.15) is 18.4 Å². The highest BCUT2D eigenvalue weighted by Gasteiger charge is 2.21. The van der Waals surface area contributed by atoms with Crippen LogP contribution in [0.5, 0.6) is 0 Å². The van der Waals surface area contributed by atoms with E-state index >= 15 is 0 Å². The normalized spacial score (nSPS) is 14.1. The number of hydrogen-bond acceptors (Lipinski definition) is 3. The van der Waals surface area contributed by atoms with Crippen LogP contribution in [0.4, 0.5) is 5.95 Å². The molecule has 1 aliphatic heterocycles. The largest absolute Gasteiger partial charge is 0.356 e. The predicted molar refractivity (Wildman–Crippen MR) is 85.6 cm³/mol. The molecule has 0 saturated heterocycles. The third-order valence-corrected chi connectivity index (χ3v) is 5.55. The van der Waals surface area contributed by atoms with Crippen molar-refractivity contribution in [3.8, 4) is 0 Å². The van der Waals surface area contributed by atoms with Gasteiger partial charge in [0, 0.05) is 22.0 Å². The number of nitrogens with zero attached hydrogens (tertiary/aromatic N) is 2. The average Bonchev–Trinajstić information content (AvgIpc) is 2.76. The van der Waals surface area contributed by atoms with Crippen LogP contribution in [0.25, 0.3) is 11.0 Å². The lowest BCUT2D eigenvalue weighted by atomic mass is 10.0. The van der Waals surface area contributed by atoms with E-state index in [1.54, 1.807) is 0 Å². The lowest BCUT2D eigenvalue weighted by molar-refractivity contribution is 0.633. The van der Waals surface area contributed by atoms with E-state index < -0.39 is 0 Å². The Morgan fingerprint density at radius 1 is 1.42 bits per heavy atom. The van der Waals surface area contributed by atoms with Gasteiger partial charge in [-0.25, -0.2) is 4.98 Å². The van der Waals surface area contributed by atoms with Gasteiger partial charge in [-0.15, -0.1) is 0 Å². The number of hydrogen-bond donors (Lipinski definition) is 2. The van der Waals surface area contributed by atoms with Crippen LogP contribution >= 0.6 is 31.9 Å². The van der Waals surface area contributed by atoms with Gasteiger partial charge in [0.2, 0.25) is 5.95 Å². The van der Waals surface area contributed by atoms with E-state index in [0.29, 0.717) is 6.54 Å². The molecule has 6 heteroatoms. The Balaban J connectivity index is 2.09. The first-order chi connectivity index (χ1) is 9.22. The van der Waals surface area contributed by atoms with Crippen molar-refractivity contribution >= 4 is 48.8 Å². The molecule has 0 bridgehead atoms. The van der Waals surface area contributed by atoms with Crippen LogP contribution in [0, 0.1) is 0 Å². The van der Waals surface area contributed by atoms with E-state index in [-0.39, 0.29) is 0 Å². The highest BCUT2D eigenvalue weighted by Crippen LogP contribution is 2.38. The van der Waals surface area contributed by atoms with Crippen LogP contribution in [0.15, 0.2) is 15.0 Å². The summed E-state index contributed by atoms with van der Waals surface area (Å²) in [4.78, 5) is 4.72. The van der Waals surface area contributed by atoms with Gasteiger partial charge in [-0.1, -0.05) is 0 Å². The van der Waals surface area contributed by atoms with Crippen molar-refractivity contribution in [1.82, 2.24) is 9.55 Å². The fourth-order valence-corrected chi connectivity index (χ4v) is 3.57. The van der Waals surface area contributed by atoms with E-state index in [9.17, 15) is 0 Å². The highest BCUT2D eigenvalue weighted by molar-refractivity contribution is 9.13. The van der Waals surface area contributed by atoms with Crippen molar-refractivity contribution in [1.29, 1.82) is 0 Å². The summed E-state index contributed by atoms with van der Waals surface area (Å²) in [6, 6.07) is 2.08. The highest BCUT2D eigenvalue weighted by atomic mass is 79.9. The maximum atomic E-state index is 5.53. The first-order valence-corrected chi connectivity index (χ1v) is 8.12. The van der Waals surface area contributed by atoms with E-state index in [1.807, 2.05) is 0 Å². The lowest BCUT2D eigenvalue weighted by Gasteiger charge is -2.18. The third-order valence-electron chi connectivity index (χ3n) is 3.49. The third kappa shape index (κ3) is 2.30. The molecule has 3 N–H and O–H groups in total. The molecular formula is C13H16Br2N4. The molecule has 1 aliphatic rings. The predicted octanol–water partition coefficient (Wildman–Crippen LogP) is 3.27. The van der Waals surface area contributed by atoms with Crippen LogP contribution < -0.4 is 11.1 Å². The second-order valence-electron chi connectivity index (χ2n) is 4.78. The zero-order valence-electron chi connectivity index (χ0n) is 10.5. The molecule has 0 radical (unpaired) electrons. The summed E-state index contributed by atoms with van der Waals surface area (Å²) in [6.07, 6.45) is 3.22. The summed E-state index contributed by atoms with van der Waals surface area (Å²) in [5.41, 5.74) is 9.21. The minimum Gasteiger partial charge on any atom is -0.356 e. The zero-order chi connectivity index (χ0) is 13.4. The molecule has 19 heavy (non-hydrogen) atoms. The van der Waals surface area contributed by atoms with Crippen LogP contribution in [0.2, 0.25) is 0 Å². The zero-order valence-corrected chi connectivity index (χ0v) is 13.7. The Labute approximate surface area is 129 Å². The van der Waals surface area contributed by atoms with Gasteiger partial charge in [-0.2, -0.15) is 0 Å². The molecular weight excluding hydrogens is 372 g/mol. The number of benzene rings is 1. The number of imidazole rings is 1. The van der Waals surface area contributed by atoms with Gasteiger partial charge in [-0.05, 0) is 69.3 Å². The van der Waals surface area contributed by atoms with Crippen molar-refractivity contribution in [2.24, 2.45) is 5.73 Å². The number of aryl methyl sites for hydroxylation is 2. The molecule has 0 unspecified atom stereocenters. The lowest BCUT2D eigenvalue weighted by Crippen LogP contribution is -2.14. The van der Waals surface area contributed by atoms with E-state index in [0.717, 1.165) is 52.8 Å². The first-order valence-electron chi connectivity index (χ1n) is 6.53. The van der Waals surface area contributed by atoms with Gasteiger partial charge in [0.25, 0.3) is 0 Å². The number of halogens is 2. The number of rotatable bonds is 4. The van der Waals surface area contributed by atoms with Gasteiger partial charge >= 0.3 is 0 Å². The molecule has 1 aromatic heterocycles. The Kier molecular flexibility index (Phi) is 3.82. The second-order valence-corrected chi connectivity index (χ2v) is 6.43. The number of aromatic nitrogens is 2. The summed E-state index contributed by atoms with van der Waals surface area (Å²) in [6.45, 7) is 2.61. The van der Waals surface area contributed by atoms with Gasteiger partial charge in [0.05, 0.1) is 11.0 Å². The molecule has 0 saturated carbocycles. The molecule has 4 nitrogen and oxygen atoms in total. The van der Waals surface area contributed by atoms with Gasteiger partial charge in [0.15, 0.2) is 0 Å². The van der Waals surface area contributed by atoms with Gasteiger partial charge in [-0.3, -0.25) is 0 Å². The number of nitrogens with one attached hydrogen (secondary N) is 1. The SMILES string of the molecule is NCCCNc1nc2cc(Br)c(Br)c3c2n1CCC3. The quantitative estimate of drug-likeness (QED) is 0.791. The van der Waals surface area contributed by atoms with Crippen LogP contribution in [0.3, 0.4) is 0 Å². The molecule has 102 valence electrons. The summed E-state index contributed by atoms with van der Waals surface area (Å²) in [7, 11) is 0.